The van der Waals surface area contributed by atoms with Crippen molar-refractivity contribution in [3.63, 3.8) is 0 Å². The number of anilines is 1. The molecule has 126 valence electrons. The highest BCUT2D eigenvalue weighted by atomic mass is 32.2. The summed E-state index contributed by atoms with van der Waals surface area (Å²) in [5.41, 5.74) is 2.91. The number of amides is 1. The fourth-order valence-corrected chi connectivity index (χ4v) is 3.51. The number of hydrogen-bond donors (Lipinski definition) is 1. The van der Waals surface area contributed by atoms with E-state index in [0.717, 1.165) is 16.8 Å². The van der Waals surface area contributed by atoms with Gasteiger partial charge in [0.15, 0.2) is 0 Å². The molecular formula is C17H18N2O4S. The number of sulfonamides is 1. The summed E-state index contributed by atoms with van der Waals surface area (Å²) in [7, 11) is -0.236. The van der Waals surface area contributed by atoms with Crippen LogP contribution in [-0.4, -0.2) is 28.4 Å². The van der Waals surface area contributed by atoms with Gasteiger partial charge in [0.2, 0.25) is 0 Å². The molecule has 0 aliphatic carbocycles. The zero-order valence-electron chi connectivity index (χ0n) is 13.4. The second-order valence-corrected chi connectivity index (χ2v) is 7.49. The minimum atomic E-state index is -3.93. The predicted octanol–water partition coefficient (Wildman–Crippen LogP) is 1.90. The fraction of sp³-hybridized carbons (Fsp3) is 0.235. The van der Waals surface area contributed by atoms with Gasteiger partial charge in [-0.25, -0.2) is 13.1 Å². The highest BCUT2D eigenvalue weighted by molar-refractivity contribution is 7.90. The highest BCUT2D eigenvalue weighted by Gasteiger charge is 2.21. The lowest BCUT2D eigenvalue weighted by atomic mass is 10.1. The van der Waals surface area contributed by atoms with Crippen molar-refractivity contribution in [1.29, 1.82) is 0 Å². The fourth-order valence-electron chi connectivity index (χ4n) is 2.48. The third kappa shape index (κ3) is 3.27. The van der Waals surface area contributed by atoms with Crippen molar-refractivity contribution in [2.75, 3.05) is 19.0 Å². The largest absolute Gasteiger partial charge is 0.378 e. The summed E-state index contributed by atoms with van der Waals surface area (Å²) in [4.78, 5) is 14.2. The van der Waals surface area contributed by atoms with Crippen molar-refractivity contribution in [3.8, 4) is 0 Å². The summed E-state index contributed by atoms with van der Waals surface area (Å²) in [6.07, 6.45) is 0. The van der Waals surface area contributed by atoms with Gasteiger partial charge >= 0.3 is 0 Å². The Bertz CT molecular complexity index is 891. The second-order valence-electron chi connectivity index (χ2n) is 5.80. The first-order valence-electron chi connectivity index (χ1n) is 7.41. The summed E-state index contributed by atoms with van der Waals surface area (Å²) in [6.45, 7) is 0.872. The molecule has 0 saturated heterocycles. The molecule has 2 aromatic carbocycles. The Kier molecular flexibility index (Phi) is 4.29. The third-order valence-corrected chi connectivity index (χ3v) is 5.18. The lowest BCUT2D eigenvalue weighted by Gasteiger charge is -2.13. The minimum absolute atomic E-state index is 0.0591. The molecule has 0 radical (unpaired) electrons. The van der Waals surface area contributed by atoms with E-state index in [1.165, 1.54) is 6.07 Å². The molecule has 0 aromatic heterocycles. The third-order valence-electron chi connectivity index (χ3n) is 3.85. The van der Waals surface area contributed by atoms with E-state index in [1.807, 2.05) is 25.1 Å². The van der Waals surface area contributed by atoms with Crippen LogP contribution < -0.4 is 9.62 Å². The molecule has 3 rings (SSSR count). The van der Waals surface area contributed by atoms with E-state index in [0.29, 0.717) is 13.2 Å². The van der Waals surface area contributed by atoms with Gasteiger partial charge in [-0.1, -0.05) is 12.1 Å². The number of fused-ring (bicyclic) bond motifs is 1. The number of rotatable bonds is 4. The zero-order chi connectivity index (χ0) is 17.3. The summed E-state index contributed by atoms with van der Waals surface area (Å²) in [5.74, 6) is -0.657. The van der Waals surface area contributed by atoms with E-state index in [1.54, 1.807) is 30.3 Å². The Hall–Kier alpha value is -2.38. The maximum absolute atomic E-state index is 12.5. The first-order valence-corrected chi connectivity index (χ1v) is 8.89. The molecule has 1 N–H and O–H groups in total. The van der Waals surface area contributed by atoms with Crippen LogP contribution in [0.5, 0.6) is 0 Å². The molecule has 1 amide bonds. The minimum Gasteiger partial charge on any atom is -0.378 e. The van der Waals surface area contributed by atoms with E-state index >= 15 is 0 Å². The van der Waals surface area contributed by atoms with Crippen LogP contribution in [0.25, 0.3) is 0 Å². The first-order chi connectivity index (χ1) is 11.4. The lowest BCUT2D eigenvalue weighted by molar-refractivity contribution is 0.0981. The van der Waals surface area contributed by atoms with Gasteiger partial charge in [0.25, 0.3) is 15.9 Å². The molecule has 0 atom stereocenters. The molecule has 7 heteroatoms. The smallest absolute Gasteiger partial charge is 0.265 e. The Morgan fingerprint density at radius 1 is 1.08 bits per heavy atom. The van der Waals surface area contributed by atoms with E-state index in [2.05, 4.69) is 4.72 Å². The molecule has 1 heterocycles. The molecule has 2 aromatic rings. The van der Waals surface area contributed by atoms with E-state index in [4.69, 9.17) is 4.74 Å². The summed E-state index contributed by atoms with van der Waals surface area (Å²) in [6, 6.07) is 11.5. The van der Waals surface area contributed by atoms with Crippen LogP contribution >= 0.6 is 0 Å². The SMILES string of the molecule is CN(C)c1cccc(C(=O)NS(=O)(=O)c2ccc3c(c2)COC3)c1. The topological polar surface area (TPSA) is 75.7 Å². The number of carbonyl (C=O) groups excluding carboxylic acids is 1. The van der Waals surface area contributed by atoms with Crippen LogP contribution in [-0.2, 0) is 28.0 Å². The van der Waals surface area contributed by atoms with Crippen molar-refractivity contribution in [3.05, 3.63) is 59.2 Å². The number of carbonyl (C=O) groups is 1. The van der Waals surface area contributed by atoms with Gasteiger partial charge in [0.1, 0.15) is 0 Å². The van der Waals surface area contributed by atoms with E-state index in [-0.39, 0.29) is 10.5 Å². The van der Waals surface area contributed by atoms with Gasteiger partial charge in [0, 0.05) is 25.3 Å². The Morgan fingerprint density at radius 3 is 2.58 bits per heavy atom. The maximum atomic E-state index is 12.5. The molecule has 0 fully saturated rings. The first kappa shape index (κ1) is 16.5. The Morgan fingerprint density at radius 2 is 1.83 bits per heavy atom. The Balaban J connectivity index is 1.84. The van der Waals surface area contributed by atoms with Crippen molar-refractivity contribution >= 4 is 21.6 Å². The van der Waals surface area contributed by atoms with E-state index < -0.39 is 15.9 Å². The van der Waals surface area contributed by atoms with Crippen LogP contribution in [0.2, 0.25) is 0 Å². The standard InChI is InChI=1S/C17H18N2O4S/c1-19(2)15-5-3-4-12(8-15)17(20)18-24(21,22)16-7-6-13-10-23-11-14(13)9-16/h3-9H,10-11H2,1-2H3,(H,18,20). The predicted molar refractivity (Wildman–Crippen MR) is 90.4 cm³/mol. The number of ether oxygens (including phenoxy) is 1. The van der Waals surface area contributed by atoms with Gasteiger partial charge in [-0.2, -0.15) is 0 Å². The molecule has 6 nitrogen and oxygen atoms in total. The van der Waals surface area contributed by atoms with Crippen LogP contribution in [0.1, 0.15) is 21.5 Å². The quantitative estimate of drug-likeness (QED) is 0.915. The van der Waals surface area contributed by atoms with Crippen LogP contribution in [0.3, 0.4) is 0 Å². The molecule has 0 unspecified atom stereocenters. The van der Waals surface area contributed by atoms with Crippen LogP contribution in [0, 0.1) is 0 Å². The van der Waals surface area contributed by atoms with Crippen molar-refractivity contribution in [2.45, 2.75) is 18.1 Å². The normalized spacial score (nSPS) is 13.4. The van der Waals surface area contributed by atoms with Gasteiger partial charge in [-0.05, 0) is 41.5 Å². The van der Waals surface area contributed by atoms with Crippen LogP contribution in [0.4, 0.5) is 5.69 Å². The summed E-state index contributed by atoms with van der Waals surface area (Å²) < 4.78 is 32.3. The number of nitrogens with one attached hydrogen (secondary N) is 1. The molecule has 1 aliphatic rings. The van der Waals surface area contributed by atoms with Crippen molar-refractivity contribution < 1.29 is 17.9 Å². The summed E-state index contributed by atoms with van der Waals surface area (Å²) >= 11 is 0. The molecule has 0 bridgehead atoms. The second kappa shape index (κ2) is 6.26. The maximum Gasteiger partial charge on any atom is 0.265 e. The summed E-state index contributed by atoms with van der Waals surface area (Å²) in [5, 5.41) is 0. The molecule has 0 saturated carbocycles. The monoisotopic (exact) mass is 346 g/mol. The van der Waals surface area contributed by atoms with Gasteiger partial charge < -0.3 is 9.64 Å². The van der Waals surface area contributed by atoms with Gasteiger partial charge in [-0.15, -0.1) is 0 Å². The molecular weight excluding hydrogens is 328 g/mol. The number of benzene rings is 2. The van der Waals surface area contributed by atoms with Gasteiger partial charge in [-0.3, -0.25) is 4.79 Å². The average Bonchev–Trinajstić information content (AvgIpc) is 3.02. The van der Waals surface area contributed by atoms with Gasteiger partial charge in [0.05, 0.1) is 18.1 Å². The lowest BCUT2D eigenvalue weighted by Crippen LogP contribution is -2.30. The van der Waals surface area contributed by atoms with Crippen molar-refractivity contribution in [1.82, 2.24) is 4.72 Å². The molecule has 24 heavy (non-hydrogen) atoms. The van der Waals surface area contributed by atoms with E-state index in [9.17, 15) is 13.2 Å². The number of nitrogens with zero attached hydrogens (tertiary/aromatic N) is 1. The number of hydrogen-bond acceptors (Lipinski definition) is 5. The van der Waals surface area contributed by atoms with Crippen LogP contribution in [0.15, 0.2) is 47.4 Å². The highest BCUT2D eigenvalue weighted by Crippen LogP contribution is 2.23. The zero-order valence-corrected chi connectivity index (χ0v) is 14.3. The average molecular weight is 346 g/mol. The molecule has 1 aliphatic heterocycles. The Labute approximate surface area is 141 Å². The van der Waals surface area contributed by atoms with Crippen molar-refractivity contribution in [2.24, 2.45) is 0 Å². The molecule has 0 spiro atoms.